The van der Waals surface area contributed by atoms with E-state index >= 15 is 0 Å². The molecule has 2 aromatic rings. The van der Waals surface area contributed by atoms with Crippen molar-refractivity contribution in [1.29, 1.82) is 0 Å². The molecule has 1 aromatic heterocycles. The van der Waals surface area contributed by atoms with Gasteiger partial charge in [0, 0.05) is 19.3 Å². The molecule has 1 aromatic carbocycles. The topological polar surface area (TPSA) is 29.9 Å². The first-order valence-corrected chi connectivity index (χ1v) is 7.66. The highest BCUT2D eigenvalue weighted by Crippen LogP contribution is 2.21. The summed E-state index contributed by atoms with van der Waals surface area (Å²) in [4.78, 5) is 0. The second kappa shape index (κ2) is 6.39. The van der Waals surface area contributed by atoms with Crippen molar-refractivity contribution in [2.24, 2.45) is 13.0 Å². The van der Waals surface area contributed by atoms with Gasteiger partial charge in [-0.2, -0.15) is 5.10 Å². The molecule has 1 aliphatic carbocycles. The minimum Gasteiger partial charge on any atom is -0.314 e. The standard InChI is InChI=1S/C17H22FN3/c1-21-9-8-16(20-21)11-13(12-19-15-6-7-15)10-14-4-2-3-5-17(14)18/h2-5,8-9,13,15,19H,6-7,10-12H2,1H3. The van der Waals surface area contributed by atoms with Gasteiger partial charge in [0.2, 0.25) is 0 Å². The first-order chi connectivity index (χ1) is 10.2. The quantitative estimate of drug-likeness (QED) is 0.848. The Hall–Kier alpha value is -1.68. The molecule has 112 valence electrons. The van der Waals surface area contributed by atoms with E-state index in [9.17, 15) is 4.39 Å². The van der Waals surface area contributed by atoms with Crippen LogP contribution in [0, 0.1) is 11.7 Å². The maximum absolute atomic E-state index is 13.9. The fourth-order valence-corrected chi connectivity index (χ4v) is 2.68. The van der Waals surface area contributed by atoms with Crippen LogP contribution in [0.25, 0.3) is 0 Å². The van der Waals surface area contributed by atoms with Crippen molar-refractivity contribution in [3.63, 3.8) is 0 Å². The maximum Gasteiger partial charge on any atom is 0.126 e. The van der Waals surface area contributed by atoms with E-state index in [-0.39, 0.29) is 5.82 Å². The molecule has 4 heteroatoms. The molecule has 1 aliphatic rings. The van der Waals surface area contributed by atoms with Crippen LogP contribution in [0.5, 0.6) is 0 Å². The van der Waals surface area contributed by atoms with Gasteiger partial charge in [-0.1, -0.05) is 18.2 Å². The molecule has 1 fully saturated rings. The lowest BCUT2D eigenvalue weighted by atomic mass is 9.94. The molecular formula is C17H22FN3. The molecule has 3 rings (SSSR count). The fourth-order valence-electron chi connectivity index (χ4n) is 2.68. The highest BCUT2D eigenvalue weighted by Gasteiger charge is 2.23. The largest absolute Gasteiger partial charge is 0.314 e. The summed E-state index contributed by atoms with van der Waals surface area (Å²) in [5.74, 6) is 0.271. The lowest BCUT2D eigenvalue weighted by molar-refractivity contribution is 0.453. The van der Waals surface area contributed by atoms with Crippen LogP contribution in [0.1, 0.15) is 24.1 Å². The number of hydrogen-bond acceptors (Lipinski definition) is 2. The van der Waals surface area contributed by atoms with Crippen LogP contribution in [0.15, 0.2) is 36.5 Å². The van der Waals surface area contributed by atoms with Crippen LogP contribution >= 0.6 is 0 Å². The highest BCUT2D eigenvalue weighted by molar-refractivity contribution is 5.18. The van der Waals surface area contributed by atoms with E-state index in [0.717, 1.165) is 30.6 Å². The van der Waals surface area contributed by atoms with Crippen LogP contribution in [-0.4, -0.2) is 22.4 Å². The number of halogens is 1. The van der Waals surface area contributed by atoms with E-state index in [1.165, 1.54) is 12.8 Å². The van der Waals surface area contributed by atoms with E-state index in [2.05, 4.69) is 10.4 Å². The van der Waals surface area contributed by atoms with E-state index in [1.54, 1.807) is 12.1 Å². The summed E-state index contributed by atoms with van der Waals surface area (Å²) >= 11 is 0. The van der Waals surface area contributed by atoms with Gasteiger partial charge in [-0.3, -0.25) is 4.68 Å². The van der Waals surface area contributed by atoms with Gasteiger partial charge in [-0.15, -0.1) is 0 Å². The van der Waals surface area contributed by atoms with Crippen molar-refractivity contribution in [1.82, 2.24) is 15.1 Å². The average molecular weight is 287 g/mol. The molecule has 0 aliphatic heterocycles. The van der Waals surface area contributed by atoms with Gasteiger partial charge in [0.15, 0.2) is 0 Å². The number of hydrogen-bond donors (Lipinski definition) is 1. The number of aryl methyl sites for hydroxylation is 1. The zero-order valence-electron chi connectivity index (χ0n) is 12.4. The first-order valence-electron chi connectivity index (χ1n) is 7.66. The van der Waals surface area contributed by atoms with Gasteiger partial charge in [0.25, 0.3) is 0 Å². The third-order valence-electron chi connectivity index (χ3n) is 4.01. The molecule has 21 heavy (non-hydrogen) atoms. The second-order valence-electron chi connectivity index (χ2n) is 6.03. The lowest BCUT2D eigenvalue weighted by Gasteiger charge is -2.17. The Bertz CT molecular complexity index is 589. The van der Waals surface area contributed by atoms with Crippen molar-refractivity contribution in [3.05, 3.63) is 53.6 Å². The third kappa shape index (κ3) is 4.14. The third-order valence-corrected chi connectivity index (χ3v) is 4.01. The summed E-state index contributed by atoms with van der Waals surface area (Å²) in [6.45, 7) is 0.926. The first kappa shape index (κ1) is 14.3. The molecule has 0 spiro atoms. The highest BCUT2D eigenvalue weighted by atomic mass is 19.1. The molecule has 0 saturated heterocycles. The average Bonchev–Trinajstić information content (AvgIpc) is 3.21. The number of rotatable bonds is 7. The van der Waals surface area contributed by atoms with E-state index in [1.807, 2.05) is 36.1 Å². The van der Waals surface area contributed by atoms with Crippen molar-refractivity contribution < 1.29 is 4.39 Å². The molecule has 0 radical (unpaired) electrons. The smallest absolute Gasteiger partial charge is 0.126 e. The van der Waals surface area contributed by atoms with Gasteiger partial charge >= 0.3 is 0 Å². The van der Waals surface area contributed by atoms with Crippen molar-refractivity contribution in [3.8, 4) is 0 Å². The van der Waals surface area contributed by atoms with Gasteiger partial charge in [0.1, 0.15) is 5.82 Å². The minimum absolute atomic E-state index is 0.102. The predicted octanol–water partition coefficient (Wildman–Crippen LogP) is 2.71. The maximum atomic E-state index is 13.9. The van der Waals surface area contributed by atoms with Crippen LogP contribution in [-0.2, 0) is 19.9 Å². The summed E-state index contributed by atoms with van der Waals surface area (Å²) < 4.78 is 15.7. The predicted molar refractivity (Wildman–Crippen MR) is 81.5 cm³/mol. The van der Waals surface area contributed by atoms with Crippen LogP contribution in [0.4, 0.5) is 4.39 Å². The Kier molecular flexibility index (Phi) is 4.34. The summed E-state index contributed by atoms with van der Waals surface area (Å²) in [6, 6.07) is 9.81. The van der Waals surface area contributed by atoms with Crippen LogP contribution in [0.3, 0.4) is 0 Å². The molecule has 0 bridgehead atoms. The fraction of sp³-hybridized carbons (Fsp3) is 0.471. The van der Waals surface area contributed by atoms with Gasteiger partial charge in [-0.05, 0) is 55.8 Å². The Balaban J connectivity index is 1.67. The molecule has 1 atom stereocenters. The number of aromatic nitrogens is 2. The monoisotopic (exact) mass is 287 g/mol. The Labute approximate surface area is 125 Å². The van der Waals surface area contributed by atoms with E-state index in [0.29, 0.717) is 12.0 Å². The lowest BCUT2D eigenvalue weighted by Crippen LogP contribution is -2.28. The van der Waals surface area contributed by atoms with Gasteiger partial charge in [-0.25, -0.2) is 4.39 Å². The molecule has 1 unspecified atom stereocenters. The minimum atomic E-state index is -0.102. The number of nitrogens with zero attached hydrogens (tertiary/aromatic N) is 2. The molecule has 3 nitrogen and oxygen atoms in total. The number of nitrogens with one attached hydrogen (secondary N) is 1. The normalized spacial score (nSPS) is 16.1. The molecule has 0 amide bonds. The Morgan fingerprint density at radius 2 is 2.10 bits per heavy atom. The zero-order chi connectivity index (χ0) is 14.7. The van der Waals surface area contributed by atoms with Crippen LogP contribution in [0.2, 0.25) is 0 Å². The van der Waals surface area contributed by atoms with E-state index in [4.69, 9.17) is 0 Å². The summed E-state index contributed by atoms with van der Waals surface area (Å²) in [5, 5.41) is 8.02. The SMILES string of the molecule is Cn1ccc(CC(CNC2CC2)Cc2ccccc2F)n1. The Morgan fingerprint density at radius 3 is 2.76 bits per heavy atom. The van der Waals surface area contributed by atoms with Crippen LogP contribution < -0.4 is 5.32 Å². The summed E-state index contributed by atoms with van der Waals surface area (Å²) in [6.07, 6.45) is 6.15. The zero-order valence-corrected chi connectivity index (χ0v) is 12.4. The van der Waals surface area contributed by atoms with Crippen molar-refractivity contribution in [2.75, 3.05) is 6.54 Å². The van der Waals surface area contributed by atoms with E-state index < -0.39 is 0 Å². The van der Waals surface area contributed by atoms with Gasteiger partial charge in [0.05, 0.1) is 5.69 Å². The van der Waals surface area contributed by atoms with Crippen molar-refractivity contribution in [2.45, 2.75) is 31.7 Å². The molecule has 1 N–H and O–H groups in total. The Morgan fingerprint density at radius 1 is 1.29 bits per heavy atom. The number of benzene rings is 1. The van der Waals surface area contributed by atoms with Crippen molar-refractivity contribution >= 4 is 0 Å². The molecular weight excluding hydrogens is 265 g/mol. The summed E-state index contributed by atoms with van der Waals surface area (Å²) in [7, 11) is 1.93. The molecule has 1 saturated carbocycles. The molecule has 1 heterocycles. The van der Waals surface area contributed by atoms with Gasteiger partial charge < -0.3 is 5.32 Å². The second-order valence-corrected chi connectivity index (χ2v) is 6.03. The summed E-state index contributed by atoms with van der Waals surface area (Å²) in [5.41, 5.74) is 1.88.